The van der Waals surface area contributed by atoms with Crippen LogP contribution in [0.3, 0.4) is 0 Å². The minimum Gasteiger partial charge on any atom is -0.382 e. The van der Waals surface area contributed by atoms with Crippen molar-refractivity contribution in [2.24, 2.45) is 0 Å². The van der Waals surface area contributed by atoms with E-state index in [4.69, 9.17) is 14.2 Å². The number of amides is 3. The SMILES string of the molecule is COCCOCCOCCNc1cccc(C=O)c1C(=O)N(C)C1CCC(=O)NC1=O. The summed E-state index contributed by atoms with van der Waals surface area (Å²) in [4.78, 5) is 49.5. The lowest BCUT2D eigenvalue weighted by molar-refractivity contribution is -0.136. The van der Waals surface area contributed by atoms with Gasteiger partial charge in [-0.05, 0) is 12.5 Å². The minimum absolute atomic E-state index is 0.154. The van der Waals surface area contributed by atoms with Crippen molar-refractivity contribution >= 4 is 29.7 Å². The maximum Gasteiger partial charge on any atom is 0.257 e. The molecule has 170 valence electrons. The van der Waals surface area contributed by atoms with Crippen LogP contribution in [0.4, 0.5) is 5.69 Å². The zero-order valence-electron chi connectivity index (χ0n) is 17.8. The van der Waals surface area contributed by atoms with Gasteiger partial charge < -0.3 is 24.4 Å². The zero-order valence-corrected chi connectivity index (χ0v) is 17.8. The highest BCUT2D eigenvalue weighted by atomic mass is 16.5. The van der Waals surface area contributed by atoms with Crippen LogP contribution in [0, 0.1) is 0 Å². The van der Waals surface area contributed by atoms with Crippen molar-refractivity contribution in [1.29, 1.82) is 0 Å². The second-order valence-corrected chi connectivity index (χ2v) is 6.91. The lowest BCUT2D eigenvalue weighted by Gasteiger charge is -2.30. The van der Waals surface area contributed by atoms with E-state index in [0.717, 1.165) is 0 Å². The highest BCUT2D eigenvalue weighted by molar-refractivity contribution is 6.08. The molecule has 10 nitrogen and oxygen atoms in total. The summed E-state index contributed by atoms with van der Waals surface area (Å²) in [6, 6.07) is 4.11. The van der Waals surface area contributed by atoms with E-state index in [1.807, 2.05) is 0 Å². The van der Waals surface area contributed by atoms with E-state index >= 15 is 0 Å². The molecule has 1 heterocycles. The van der Waals surface area contributed by atoms with Crippen LogP contribution in [0.1, 0.15) is 33.6 Å². The van der Waals surface area contributed by atoms with Gasteiger partial charge in [-0.25, -0.2) is 0 Å². The monoisotopic (exact) mass is 435 g/mol. The Balaban J connectivity index is 1.96. The number of rotatable bonds is 13. The molecule has 1 aromatic rings. The second-order valence-electron chi connectivity index (χ2n) is 6.91. The Morgan fingerprint density at radius 2 is 1.90 bits per heavy atom. The van der Waals surface area contributed by atoms with Gasteiger partial charge in [0.15, 0.2) is 6.29 Å². The smallest absolute Gasteiger partial charge is 0.257 e. The number of ether oxygens (including phenoxy) is 3. The van der Waals surface area contributed by atoms with Crippen LogP contribution in [0.5, 0.6) is 0 Å². The maximum atomic E-state index is 13.1. The molecule has 0 radical (unpaired) electrons. The molecule has 1 aliphatic heterocycles. The number of benzene rings is 1. The van der Waals surface area contributed by atoms with Crippen molar-refractivity contribution in [2.75, 3.05) is 59.1 Å². The third-order valence-electron chi connectivity index (χ3n) is 4.80. The first-order valence-electron chi connectivity index (χ1n) is 10.1. The van der Waals surface area contributed by atoms with Crippen molar-refractivity contribution in [3.8, 4) is 0 Å². The average Bonchev–Trinajstić information content (AvgIpc) is 2.76. The molecule has 1 unspecified atom stereocenters. The summed E-state index contributed by atoms with van der Waals surface area (Å²) in [5.74, 6) is -1.36. The van der Waals surface area contributed by atoms with Crippen LogP contribution in [0.25, 0.3) is 0 Å². The molecule has 0 aromatic heterocycles. The quantitative estimate of drug-likeness (QED) is 0.260. The molecule has 0 aliphatic carbocycles. The molecule has 3 amide bonds. The third kappa shape index (κ3) is 7.12. The molecule has 1 fully saturated rings. The lowest BCUT2D eigenvalue weighted by Crippen LogP contribution is -2.53. The molecule has 10 heteroatoms. The highest BCUT2D eigenvalue weighted by Gasteiger charge is 2.34. The van der Waals surface area contributed by atoms with Gasteiger partial charge in [0.2, 0.25) is 11.8 Å². The van der Waals surface area contributed by atoms with Crippen LogP contribution in [-0.2, 0) is 23.8 Å². The maximum absolute atomic E-state index is 13.1. The van der Waals surface area contributed by atoms with Gasteiger partial charge in [-0.3, -0.25) is 24.5 Å². The number of carbonyl (C=O) groups excluding carboxylic acids is 4. The summed E-state index contributed by atoms with van der Waals surface area (Å²) in [7, 11) is 3.09. The van der Waals surface area contributed by atoms with Gasteiger partial charge >= 0.3 is 0 Å². The van der Waals surface area contributed by atoms with E-state index in [1.54, 1.807) is 19.2 Å². The number of nitrogens with one attached hydrogen (secondary N) is 2. The number of anilines is 1. The van der Waals surface area contributed by atoms with E-state index in [9.17, 15) is 19.2 Å². The van der Waals surface area contributed by atoms with Crippen LogP contribution in [-0.4, -0.2) is 88.7 Å². The average molecular weight is 435 g/mol. The van der Waals surface area contributed by atoms with Crippen molar-refractivity contribution in [2.45, 2.75) is 18.9 Å². The van der Waals surface area contributed by atoms with Crippen molar-refractivity contribution < 1.29 is 33.4 Å². The Morgan fingerprint density at radius 1 is 1.19 bits per heavy atom. The number of methoxy groups -OCH3 is 1. The fraction of sp³-hybridized carbons (Fsp3) is 0.524. The molecule has 1 atom stereocenters. The van der Waals surface area contributed by atoms with Crippen LogP contribution in [0.15, 0.2) is 18.2 Å². The number of hydrogen-bond donors (Lipinski definition) is 2. The van der Waals surface area contributed by atoms with Gasteiger partial charge in [0.05, 0.1) is 38.6 Å². The fourth-order valence-corrected chi connectivity index (χ4v) is 3.15. The molecule has 2 N–H and O–H groups in total. The first-order chi connectivity index (χ1) is 15.0. The second kappa shape index (κ2) is 12.8. The van der Waals surface area contributed by atoms with E-state index in [2.05, 4.69) is 10.6 Å². The van der Waals surface area contributed by atoms with Crippen molar-refractivity contribution in [3.63, 3.8) is 0 Å². The molecular formula is C21H29N3O7. The van der Waals surface area contributed by atoms with E-state index in [0.29, 0.717) is 51.6 Å². The van der Waals surface area contributed by atoms with Gasteiger partial charge in [0.25, 0.3) is 5.91 Å². The summed E-state index contributed by atoms with van der Waals surface area (Å²) in [5, 5.41) is 5.35. The molecule has 2 rings (SSSR count). The molecule has 0 spiro atoms. The van der Waals surface area contributed by atoms with Crippen LogP contribution in [0.2, 0.25) is 0 Å². The van der Waals surface area contributed by atoms with Gasteiger partial charge in [0.1, 0.15) is 6.04 Å². The number of hydrogen-bond acceptors (Lipinski definition) is 8. The largest absolute Gasteiger partial charge is 0.382 e. The number of piperidine rings is 1. The van der Waals surface area contributed by atoms with Crippen molar-refractivity contribution in [1.82, 2.24) is 10.2 Å². The Labute approximate surface area is 181 Å². The molecule has 0 saturated carbocycles. The predicted octanol–water partition coefficient (Wildman–Crippen LogP) is 0.468. The summed E-state index contributed by atoms with van der Waals surface area (Å²) in [5.41, 5.74) is 0.850. The number of nitrogens with zero attached hydrogens (tertiary/aromatic N) is 1. The molecule has 31 heavy (non-hydrogen) atoms. The van der Waals surface area contributed by atoms with Crippen molar-refractivity contribution in [3.05, 3.63) is 29.3 Å². The normalized spacial score (nSPS) is 16.0. The Kier molecular flexibility index (Phi) is 10.1. The fourth-order valence-electron chi connectivity index (χ4n) is 3.15. The molecule has 1 aliphatic rings. The Hall–Kier alpha value is -2.82. The zero-order chi connectivity index (χ0) is 22.6. The highest BCUT2D eigenvalue weighted by Crippen LogP contribution is 2.23. The van der Waals surface area contributed by atoms with E-state index in [1.165, 1.54) is 18.0 Å². The molecule has 1 saturated heterocycles. The topological polar surface area (TPSA) is 123 Å². The van der Waals surface area contributed by atoms with Gasteiger partial charge in [0, 0.05) is 38.4 Å². The molecule has 1 aromatic carbocycles. The summed E-state index contributed by atoms with van der Waals surface area (Å²) in [6.45, 7) is 2.67. The summed E-state index contributed by atoms with van der Waals surface area (Å²) < 4.78 is 15.7. The van der Waals surface area contributed by atoms with E-state index in [-0.39, 0.29) is 29.9 Å². The Bertz CT molecular complexity index is 784. The summed E-state index contributed by atoms with van der Waals surface area (Å²) >= 11 is 0. The Morgan fingerprint density at radius 3 is 2.58 bits per heavy atom. The molecule has 0 bridgehead atoms. The lowest BCUT2D eigenvalue weighted by atomic mass is 10.0. The van der Waals surface area contributed by atoms with Crippen LogP contribution < -0.4 is 10.6 Å². The predicted molar refractivity (Wildman–Crippen MR) is 112 cm³/mol. The van der Waals surface area contributed by atoms with Gasteiger partial charge in [-0.1, -0.05) is 12.1 Å². The first-order valence-corrected chi connectivity index (χ1v) is 10.1. The molecular weight excluding hydrogens is 406 g/mol. The van der Waals surface area contributed by atoms with Gasteiger partial charge in [-0.15, -0.1) is 0 Å². The van der Waals surface area contributed by atoms with Gasteiger partial charge in [-0.2, -0.15) is 0 Å². The standard InChI is InChI=1S/C21H29N3O7/c1-24(17-6-7-18(26)23-20(17)27)21(28)19-15(14-25)4-3-5-16(19)22-8-9-30-12-13-31-11-10-29-2/h3-5,14,17,22H,6-13H2,1-2H3,(H,23,26,27). The number of imide groups is 1. The summed E-state index contributed by atoms with van der Waals surface area (Å²) in [6.07, 6.45) is 0.991. The minimum atomic E-state index is -0.779. The number of carbonyl (C=O) groups is 4. The third-order valence-corrected chi connectivity index (χ3v) is 4.80. The number of likely N-dealkylation sites (N-methyl/N-ethyl adjacent to an activating group) is 1. The van der Waals surface area contributed by atoms with Crippen LogP contribution >= 0.6 is 0 Å². The first kappa shape index (κ1) is 24.4. The van der Waals surface area contributed by atoms with E-state index < -0.39 is 17.9 Å². The number of aldehydes is 1.